The zero-order chi connectivity index (χ0) is 13.8. The van der Waals surface area contributed by atoms with E-state index >= 15 is 0 Å². The zero-order valence-electron chi connectivity index (χ0n) is 12.6. The smallest absolute Gasteiger partial charge is 0.0726 e. The molecule has 0 aromatic carbocycles. The second-order valence-corrected chi connectivity index (χ2v) is 6.72. The molecule has 1 unspecified atom stereocenters. The van der Waals surface area contributed by atoms with Crippen molar-refractivity contribution in [3.05, 3.63) is 0 Å². The Morgan fingerprint density at radius 2 is 1.60 bits per heavy atom. The summed E-state index contributed by atoms with van der Waals surface area (Å²) in [6.07, 6.45) is 7.89. The van der Waals surface area contributed by atoms with Crippen molar-refractivity contribution < 1.29 is 14.6 Å². The number of hydrogen-bond acceptors (Lipinski definition) is 4. The van der Waals surface area contributed by atoms with Crippen LogP contribution in [0.4, 0.5) is 0 Å². The highest BCUT2D eigenvalue weighted by molar-refractivity contribution is 5.01. The minimum atomic E-state index is -0.175. The van der Waals surface area contributed by atoms with E-state index in [1.807, 2.05) is 0 Å². The molecule has 1 N–H and O–H groups in total. The van der Waals surface area contributed by atoms with Gasteiger partial charge in [0.2, 0.25) is 0 Å². The largest absolute Gasteiger partial charge is 0.391 e. The third-order valence-electron chi connectivity index (χ3n) is 5.63. The van der Waals surface area contributed by atoms with Crippen LogP contribution in [0.3, 0.4) is 0 Å². The maximum absolute atomic E-state index is 11.0. The fraction of sp³-hybridized carbons (Fsp3) is 1.00. The van der Waals surface area contributed by atoms with Gasteiger partial charge < -0.3 is 14.6 Å². The minimum absolute atomic E-state index is 0.0437. The molecule has 116 valence electrons. The van der Waals surface area contributed by atoms with Gasteiger partial charge in [-0.2, -0.15) is 0 Å². The maximum Gasteiger partial charge on any atom is 0.0726 e. The molecule has 4 heteroatoms. The van der Waals surface area contributed by atoms with E-state index in [9.17, 15) is 5.11 Å². The quantitative estimate of drug-likeness (QED) is 0.854. The molecule has 0 amide bonds. The Morgan fingerprint density at radius 1 is 1.00 bits per heavy atom. The molecule has 0 spiro atoms. The van der Waals surface area contributed by atoms with Gasteiger partial charge in [-0.05, 0) is 38.0 Å². The van der Waals surface area contributed by atoms with E-state index in [2.05, 4.69) is 4.90 Å². The molecule has 3 rings (SSSR count). The van der Waals surface area contributed by atoms with Crippen LogP contribution >= 0.6 is 0 Å². The van der Waals surface area contributed by atoms with E-state index in [0.29, 0.717) is 5.92 Å². The maximum atomic E-state index is 11.0. The molecule has 0 aromatic rings. The second-order valence-electron chi connectivity index (χ2n) is 6.72. The lowest BCUT2D eigenvalue weighted by Crippen LogP contribution is -2.58. The molecule has 1 saturated carbocycles. The lowest BCUT2D eigenvalue weighted by atomic mass is 9.81. The number of nitrogens with zero attached hydrogens (tertiary/aromatic N) is 1. The SMILES string of the molecule is OC(CC1CCOCC1)C1(N2CCOCC2)CCCC1. The van der Waals surface area contributed by atoms with Crippen molar-refractivity contribution in [3.63, 3.8) is 0 Å². The topological polar surface area (TPSA) is 41.9 Å². The summed E-state index contributed by atoms with van der Waals surface area (Å²) in [7, 11) is 0. The van der Waals surface area contributed by atoms with Gasteiger partial charge in [0.1, 0.15) is 0 Å². The Kier molecular flexibility index (Phi) is 4.97. The average Bonchev–Trinajstić information content (AvgIpc) is 3.00. The summed E-state index contributed by atoms with van der Waals surface area (Å²) in [4.78, 5) is 2.54. The van der Waals surface area contributed by atoms with Crippen molar-refractivity contribution in [2.24, 2.45) is 5.92 Å². The van der Waals surface area contributed by atoms with Gasteiger partial charge in [0.05, 0.1) is 19.3 Å². The van der Waals surface area contributed by atoms with E-state index < -0.39 is 0 Å². The third-order valence-corrected chi connectivity index (χ3v) is 5.63. The van der Waals surface area contributed by atoms with E-state index in [-0.39, 0.29) is 11.6 Å². The number of hydrogen-bond donors (Lipinski definition) is 1. The van der Waals surface area contributed by atoms with Crippen molar-refractivity contribution >= 4 is 0 Å². The van der Waals surface area contributed by atoms with E-state index in [4.69, 9.17) is 9.47 Å². The lowest BCUT2D eigenvalue weighted by Gasteiger charge is -2.47. The zero-order valence-corrected chi connectivity index (χ0v) is 12.6. The van der Waals surface area contributed by atoms with Crippen LogP contribution in [0.1, 0.15) is 44.9 Å². The first-order valence-corrected chi connectivity index (χ1v) is 8.40. The summed E-state index contributed by atoms with van der Waals surface area (Å²) in [5, 5.41) is 11.0. The number of aliphatic hydroxyl groups excluding tert-OH is 1. The number of ether oxygens (including phenoxy) is 2. The molecule has 0 bridgehead atoms. The Labute approximate surface area is 122 Å². The molecule has 1 atom stereocenters. The van der Waals surface area contributed by atoms with Crippen LogP contribution in [0.5, 0.6) is 0 Å². The highest BCUT2D eigenvalue weighted by atomic mass is 16.5. The Hall–Kier alpha value is -0.160. The van der Waals surface area contributed by atoms with Gasteiger partial charge in [-0.3, -0.25) is 4.90 Å². The monoisotopic (exact) mass is 283 g/mol. The predicted octanol–water partition coefficient (Wildman–Crippen LogP) is 1.81. The summed E-state index contributed by atoms with van der Waals surface area (Å²) in [5.41, 5.74) is 0.0437. The van der Waals surface area contributed by atoms with Crippen LogP contribution in [0.2, 0.25) is 0 Å². The van der Waals surface area contributed by atoms with Gasteiger partial charge in [-0.25, -0.2) is 0 Å². The third kappa shape index (κ3) is 3.03. The first kappa shape index (κ1) is 14.8. The number of morpholine rings is 1. The molecule has 3 aliphatic rings. The van der Waals surface area contributed by atoms with Gasteiger partial charge >= 0.3 is 0 Å². The van der Waals surface area contributed by atoms with Crippen molar-refractivity contribution in [2.45, 2.75) is 56.6 Å². The van der Waals surface area contributed by atoms with E-state index in [1.54, 1.807) is 0 Å². The molecule has 3 fully saturated rings. The Morgan fingerprint density at radius 3 is 2.25 bits per heavy atom. The second kappa shape index (κ2) is 6.73. The molecule has 2 heterocycles. The van der Waals surface area contributed by atoms with Crippen molar-refractivity contribution in [2.75, 3.05) is 39.5 Å². The van der Waals surface area contributed by atoms with E-state index in [1.165, 1.54) is 12.8 Å². The van der Waals surface area contributed by atoms with Gasteiger partial charge in [0.15, 0.2) is 0 Å². The fourth-order valence-electron chi connectivity index (χ4n) is 4.37. The molecular formula is C16H29NO3. The molecule has 0 aromatic heterocycles. The molecule has 1 aliphatic carbocycles. The highest BCUT2D eigenvalue weighted by Crippen LogP contribution is 2.41. The molecule has 0 radical (unpaired) electrons. The van der Waals surface area contributed by atoms with Crippen LogP contribution in [0.15, 0.2) is 0 Å². The van der Waals surface area contributed by atoms with Gasteiger partial charge in [0.25, 0.3) is 0 Å². The fourth-order valence-corrected chi connectivity index (χ4v) is 4.37. The molecule has 4 nitrogen and oxygen atoms in total. The van der Waals surface area contributed by atoms with E-state index in [0.717, 1.165) is 71.6 Å². The molecular weight excluding hydrogens is 254 g/mol. The van der Waals surface area contributed by atoms with Gasteiger partial charge in [-0.1, -0.05) is 12.8 Å². The van der Waals surface area contributed by atoms with Crippen LogP contribution < -0.4 is 0 Å². The predicted molar refractivity (Wildman–Crippen MR) is 77.8 cm³/mol. The highest BCUT2D eigenvalue weighted by Gasteiger charge is 2.46. The number of aliphatic hydroxyl groups is 1. The Bertz CT molecular complexity index is 292. The minimum Gasteiger partial charge on any atom is -0.391 e. The molecule has 2 saturated heterocycles. The van der Waals surface area contributed by atoms with Crippen LogP contribution in [0.25, 0.3) is 0 Å². The summed E-state index contributed by atoms with van der Waals surface area (Å²) >= 11 is 0. The summed E-state index contributed by atoms with van der Waals surface area (Å²) in [5.74, 6) is 0.650. The lowest BCUT2D eigenvalue weighted by molar-refractivity contribution is -0.0859. The van der Waals surface area contributed by atoms with Gasteiger partial charge in [-0.15, -0.1) is 0 Å². The van der Waals surface area contributed by atoms with Crippen LogP contribution in [-0.2, 0) is 9.47 Å². The van der Waals surface area contributed by atoms with Crippen molar-refractivity contribution in [3.8, 4) is 0 Å². The first-order chi connectivity index (χ1) is 9.81. The summed E-state index contributed by atoms with van der Waals surface area (Å²) in [6, 6.07) is 0. The van der Waals surface area contributed by atoms with Crippen molar-refractivity contribution in [1.29, 1.82) is 0 Å². The number of rotatable bonds is 4. The molecule has 2 aliphatic heterocycles. The standard InChI is InChI=1S/C16H29NO3/c18-15(13-14-3-9-19-10-4-14)16(5-1-2-6-16)17-7-11-20-12-8-17/h14-15,18H,1-13H2. The summed E-state index contributed by atoms with van der Waals surface area (Å²) < 4.78 is 10.9. The normalized spacial score (nSPS) is 30.4. The van der Waals surface area contributed by atoms with Gasteiger partial charge in [0, 0.05) is 31.8 Å². The van der Waals surface area contributed by atoms with Crippen LogP contribution in [-0.4, -0.2) is 61.2 Å². The van der Waals surface area contributed by atoms with Crippen LogP contribution in [0, 0.1) is 5.92 Å². The first-order valence-electron chi connectivity index (χ1n) is 8.40. The van der Waals surface area contributed by atoms with Crippen molar-refractivity contribution in [1.82, 2.24) is 4.90 Å². The summed E-state index contributed by atoms with van der Waals surface area (Å²) in [6.45, 7) is 5.39. The average molecular weight is 283 g/mol. The Balaban J connectivity index is 1.65. The molecule has 20 heavy (non-hydrogen) atoms.